The van der Waals surface area contributed by atoms with Crippen molar-refractivity contribution in [2.45, 2.75) is 17.6 Å². The molecular weight excluding hydrogens is 252 g/mol. The normalized spacial score (nSPS) is 20.4. The van der Waals surface area contributed by atoms with Gasteiger partial charge in [-0.05, 0) is 19.0 Å². The summed E-state index contributed by atoms with van der Waals surface area (Å²) in [5.41, 5.74) is 0. The summed E-state index contributed by atoms with van der Waals surface area (Å²) in [7, 11) is -3.56. The highest BCUT2D eigenvalue weighted by Gasteiger charge is 2.24. The van der Waals surface area contributed by atoms with E-state index in [2.05, 4.69) is 20.0 Å². The van der Waals surface area contributed by atoms with E-state index >= 15 is 0 Å². The largest absolute Gasteiger partial charge is 0.315 e. The molecule has 0 saturated carbocycles. The van der Waals surface area contributed by atoms with E-state index in [4.69, 9.17) is 0 Å². The molecule has 0 aliphatic carbocycles. The van der Waals surface area contributed by atoms with Gasteiger partial charge in [0.15, 0.2) is 0 Å². The van der Waals surface area contributed by atoms with E-state index in [9.17, 15) is 8.42 Å². The number of hydrogen-bond donors (Lipinski definition) is 2. The number of hydrogen-bond acceptors (Lipinski definition) is 5. The lowest BCUT2D eigenvalue weighted by molar-refractivity contribution is 0.551. The van der Waals surface area contributed by atoms with Crippen molar-refractivity contribution in [3.63, 3.8) is 0 Å². The van der Waals surface area contributed by atoms with Crippen LogP contribution in [0.4, 0.5) is 0 Å². The van der Waals surface area contributed by atoms with Crippen LogP contribution in [-0.2, 0) is 10.0 Å². The van der Waals surface area contributed by atoms with Gasteiger partial charge in [0.2, 0.25) is 0 Å². The van der Waals surface area contributed by atoms with Crippen molar-refractivity contribution in [3.8, 4) is 0 Å². The Morgan fingerprint density at radius 3 is 2.62 bits per heavy atom. The van der Waals surface area contributed by atoms with Crippen LogP contribution in [0.3, 0.4) is 0 Å². The minimum atomic E-state index is -3.56. The van der Waals surface area contributed by atoms with Gasteiger partial charge in [-0.15, -0.1) is 12.4 Å². The van der Waals surface area contributed by atoms with Crippen LogP contribution in [0.25, 0.3) is 0 Å². The summed E-state index contributed by atoms with van der Waals surface area (Å²) in [5.74, 6) is 0. The van der Waals surface area contributed by atoms with Gasteiger partial charge in [-0.2, -0.15) is 0 Å². The SMILES string of the molecule is Cl.O=S(=O)(N[C@@H]1CCNC1)c1ncccn1. The first-order chi connectivity index (χ1) is 7.18. The van der Waals surface area contributed by atoms with Gasteiger partial charge < -0.3 is 5.32 Å². The summed E-state index contributed by atoms with van der Waals surface area (Å²) >= 11 is 0. The van der Waals surface area contributed by atoms with E-state index in [1.165, 1.54) is 12.4 Å². The molecule has 1 aliphatic rings. The highest BCUT2D eigenvalue weighted by Crippen LogP contribution is 2.04. The van der Waals surface area contributed by atoms with E-state index in [0.29, 0.717) is 6.54 Å². The Morgan fingerprint density at radius 2 is 2.06 bits per heavy atom. The summed E-state index contributed by atoms with van der Waals surface area (Å²) in [5, 5.41) is 2.91. The standard InChI is InChI=1S/C8H12N4O2S.ClH/c13-15(14,8-10-3-1-4-11-8)12-7-2-5-9-6-7;/h1,3-4,7,9,12H,2,5-6H2;1H/t7-;/m1./s1. The minimum absolute atomic E-state index is 0. The molecule has 6 nitrogen and oxygen atoms in total. The molecule has 1 fully saturated rings. The third-order valence-electron chi connectivity index (χ3n) is 2.16. The maximum atomic E-state index is 11.7. The van der Waals surface area contributed by atoms with Crippen LogP contribution in [0, 0.1) is 0 Å². The zero-order valence-electron chi connectivity index (χ0n) is 8.46. The molecule has 0 unspecified atom stereocenters. The Hall–Kier alpha value is -0.760. The summed E-state index contributed by atoms with van der Waals surface area (Å²) in [6.07, 6.45) is 3.62. The van der Waals surface area contributed by atoms with E-state index in [-0.39, 0.29) is 23.6 Å². The van der Waals surface area contributed by atoms with Crippen LogP contribution in [0.1, 0.15) is 6.42 Å². The number of nitrogens with zero attached hydrogens (tertiary/aromatic N) is 2. The molecule has 1 aliphatic heterocycles. The molecule has 0 aromatic carbocycles. The van der Waals surface area contributed by atoms with Gasteiger partial charge in [0.25, 0.3) is 15.2 Å². The van der Waals surface area contributed by atoms with E-state index in [0.717, 1.165) is 13.0 Å². The van der Waals surface area contributed by atoms with Crippen molar-refractivity contribution in [1.82, 2.24) is 20.0 Å². The van der Waals surface area contributed by atoms with E-state index in [1.54, 1.807) is 6.07 Å². The van der Waals surface area contributed by atoms with E-state index < -0.39 is 10.0 Å². The second kappa shape index (κ2) is 5.53. The monoisotopic (exact) mass is 264 g/mol. The predicted octanol–water partition coefficient (Wildman–Crippen LogP) is -0.461. The predicted molar refractivity (Wildman–Crippen MR) is 60.9 cm³/mol. The summed E-state index contributed by atoms with van der Waals surface area (Å²) in [6.45, 7) is 1.49. The van der Waals surface area contributed by atoms with Crippen molar-refractivity contribution in [2.75, 3.05) is 13.1 Å². The summed E-state index contributed by atoms with van der Waals surface area (Å²) < 4.78 is 26.0. The van der Waals surface area contributed by atoms with Crippen molar-refractivity contribution in [2.24, 2.45) is 0 Å². The molecular formula is C8H13ClN4O2S. The van der Waals surface area contributed by atoms with Gasteiger partial charge in [0, 0.05) is 25.0 Å². The first kappa shape index (κ1) is 13.3. The van der Waals surface area contributed by atoms with Crippen LogP contribution in [0.15, 0.2) is 23.6 Å². The number of rotatable bonds is 3. The molecule has 2 heterocycles. The zero-order valence-corrected chi connectivity index (χ0v) is 10.1. The maximum Gasteiger partial charge on any atom is 0.276 e. The molecule has 16 heavy (non-hydrogen) atoms. The molecule has 0 spiro atoms. The lowest BCUT2D eigenvalue weighted by Crippen LogP contribution is -2.36. The number of nitrogens with one attached hydrogen (secondary N) is 2. The second-order valence-electron chi connectivity index (χ2n) is 3.34. The first-order valence-corrected chi connectivity index (χ1v) is 6.17. The van der Waals surface area contributed by atoms with Crippen LogP contribution in [0.2, 0.25) is 0 Å². The van der Waals surface area contributed by atoms with Gasteiger partial charge in [0.1, 0.15) is 0 Å². The van der Waals surface area contributed by atoms with Crippen LogP contribution in [0.5, 0.6) is 0 Å². The lowest BCUT2D eigenvalue weighted by atomic mass is 10.3. The van der Waals surface area contributed by atoms with Crippen LogP contribution < -0.4 is 10.0 Å². The molecule has 0 amide bonds. The fourth-order valence-electron chi connectivity index (χ4n) is 1.45. The minimum Gasteiger partial charge on any atom is -0.315 e. The molecule has 1 aromatic rings. The Bertz CT molecular complexity index is 419. The first-order valence-electron chi connectivity index (χ1n) is 4.68. The maximum absolute atomic E-state index is 11.7. The lowest BCUT2D eigenvalue weighted by Gasteiger charge is -2.09. The summed E-state index contributed by atoms with van der Waals surface area (Å²) in [6, 6.07) is 1.52. The molecule has 8 heteroatoms. The van der Waals surface area contributed by atoms with Crippen molar-refractivity contribution < 1.29 is 8.42 Å². The van der Waals surface area contributed by atoms with Gasteiger partial charge in [-0.25, -0.2) is 23.1 Å². The third kappa shape index (κ3) is 3.11. The topological polar surface area (TPSA) is 84.0 Å². The Labute approximate surface area is 100 Å². The fourth-order valence-corrected chi connectivity index (χ4v) is 2.60. The average Bonchev–Trinajstić information content (AvgIpc) is 2.71. The van der Waals surface area contributed by atoms with Crippen molar-refractivity contribution in [1.29, 1.82) is 0 Å². The molecule has 1 atom stereocenters. The third-order valence-corrected chi connectivity index (χ3v) is 3.50. The molecule has 1 aromatic heterocycles. The molecule has 2 N–H and O–H groups in total. The highest BCUT2D eigenvalue weighted by molar-refractivity contribution is 7.89. The average molecular weight is 265 g/mol. The second-order valence-corrected chi connectivity index (χ2v) is 4.95. The Morgan fingerprint density at radius 1 is 1.38 bits per heavy atom. The summed E-state index contributed by atoms with van der Waals surface area (Å²) in [4.78, 5) is 7.42. The smallest absolute Gasteiger partial charge is 0.276 e. The number of aromatic nitrogens is 2. The van der Waals surface area contributed by atoms with Gasteiger partial charge in [-0.1, -0.05) is 0 Å². The fraction of sp³-hybridized carbons (Fsp3) is 0.500. The van der Waals surface area contributed by atoms with Gasteiger partial charge >= 0.3 is 0 Å². The number of halogens is 1. The van der Waals surface area contributed by atoms with Crippen LogP contribution >= 0.6 is 12.4 Å². The van der Waals surface area contributed by atoms with Crippen molar-refractivity contribution >= 4 is 22.4 Å². The Kier molecular flexibility index (Phi) is 4.60. The molecule has 90 valence electrons. The van der Waals surface area contributed by atoms with Crippen LogP contribution in [-0.4, -0.2) is 37.5 Å². The van der Waals surface area contributed by atoms with Gasteiger partial charge in [-0.3, -0.25) is 0 Å². The highest BCUT2D eigenvalue weighted by atomic mass is 35.5. The quantitative estimate of drug-likeness (QED) is 0.722. The molecule has 0 radical (unpaired) electrons. The zero-order chi connectivity index (χ0) is 10.7. The van der Waals surface area contributed by atoms with E-state index in [1.807, 2.05) is 0 Å². The van der Waals surface area contributed by atoms with Gasteiger partial charge in [0.05, 0.1) is 0 Å². The number of sulfonamides is 1. The van der Waals surface area contributed by atoms with Crippen molar-refractivity contribution in [3.05, 3.63) is 18.5 Å². The molecule has 0 bridgehead atoms. The Balaban J connectivity index is 0.00000128. The molecule has 1 saturated heterocycles. The molecule has 2 rings (SSSR count).